The van der Waals surface area contributed by atoms with E-state index in [1.54, 1.807) is 0 Å². The third-order valence-corrected chi connectivity index (χ3v) is 3.79. The van der Waals surface area contributed by atoms with Gasteiger partial charge in [-0.15, -0.1) is 11.3 Å². The Bertz CT molecular complexity index is 412. The van der Waals surface area contributed by atoms with E-state index in [2.05, 4.69) is 17.0 Å². The number of amides is 1. The lowest BCUT2D eigenvalue weighted by molar-refractivity contribution is -0.140. The van der Waals surface area contributed by atoms with E-state index in [-0.39, 0.29) is 18.3 Å². The van der Waals surface area contributed by atoms with Crippen molar-refractivity contribution in [2.75, 3.05) is 13.7 Å². The first kappa shape index (κ1) is 13.7. The Balaban J connectivity index is 2.49. The highest BCUT2D eigenvalue weighted by Gasteiger charge is 2.11. The molecule has 1 rings (SSSR count). The van der Waals surface area contributed by atoms with Crippen molar-refractivity contribution in [3.8, 4) is 0 Å². The van der Waals surface area contributed by atoms with E-state index in [1.807, 2.05) is 13.0 Å². The number of hydrogen-bond donors (Lipinski definition) is 1. The third-order valence-electron chi connectivity index (χ3n) is 2.41. The summed E-state index contributed by atoms with van der Waals surface area (Å²) in [7, 11) is 1.33. The maximum absolute atomic E-state index is 11.7. The predicted molar refractivity (Wildman–Crippen MR) is 67.4 cm³/mol. The van der Waals surface area contributed by atoms with Gasteiger partial charge in [0.1, 0.15) is 0 Å². The number of hydrogen-bond acceptors (Lipinski definition) is 4. The molecule has 0 aromatic carbocycles. The molecule has 94 valence electrons. The SMILES string of the molecule is CCc1sc(C(=O)NCCC(=O)OC)cc1C. The summed E-state index contributed by atoms with van der Waals surface area (Å²) in [5.74, 6) is -0.441. The Morgan fingerprint density at radius 2 is 2.18 bits per heavy atom. The lowest BCUT2D eigenvalue weighted by Gasteiger charge is -2.01. The molecule has 0 aliphatic carbocycles. The van der Waals surface area contributed by atoms with Crippen LogP contribution in [0.25, 0.3) is 0 Å². The molecule has 5 heteroatoms. The van der Waals surface area contributed by atoms with Crippen molar-refractivity contribution < 1.29 is 14.3 Å². The maximum Gasteiger partial charge on any atom is 0.307 e. The van der Waals surface area contributed by atoms with Gasteiger partial charge < -0.3 is 10.1 Å². The molecule has 0 fully saturated rings. The fraction of sp³-hybridized carbons (Fsp3) is 0.500. The average molecular weight is 255 g/mol. The van der Waals surface area contributed by atoms with E-state index in [9.17, 15) is 9.59 Å². The van der Waals surface area contributed by atoms with Crippen LogP contribution >= 0.6 is 11.3 Å². The summed E-state index contributed by atoms with van der Waals surface area (Å²) >= 11 is 1.50. The second kappa shape index (κ2) is 6.39. The number of methoxy groups -OCH3 is 1. The Labute approximate surface area is 105 Å². The fourth-order valence-corrected chi connectivity index (χ4v) is 2.48. The van der Waals surface area contributed by atoms with Gasteiger partial charge in [0, 0.05) is 11.4 Å². The van der Waals surface area contributed by atoms with Crippen molar-refractivity contribution in [1.29, 1.82) is 0 Å². The summed E-state index contributed by atoms with van der Waals surface area (Å²) in [5.41, 5.74) is 1.15. The minimum atomic E-state index is -0.318. The Morgan fingerprint density at radius 3 is 2.71 bits per heavy atom. The summed E-state index contributed by atoms with van der Waals surface area (Å²) in [6, 6.07) is 1.89. The molecule has 1 amide bonds. The van der Waals surface area contributed by atoms with E-state index in [1.165, 1.54) is 23.3 Å². The minimum absolute atomic E-state index is 0.123. The molecule has 0 aliphatic heterocycles. The Hall–Kier alpha value is -1.36. The lowest BCUT2D eigenvalue weighted by Crippen LogP contribution is -2.25. The molecule has 0 bridgehead atoms. The Kier molecular flexibility index (Phi) is 5.15. The van der Waals surface area contributed by atoms with Crippen LogP contribution in [0.3, 0.4) is 0 Å². The monoisotopic (exact) mass is 255 g/mol. The first-order valence-corrected chi connectivity index (χ1v) is 6.34. The summed E-state index contributed by atoms with van der Waals surface area (Å²) in [4.78, 5) is 24.5. The summed E-state index contributed by atoms with van der Waals surface area (Å²) in [5, 5.41) is 2.70. The van der Waals surface area contributed by atoms with Crippen LogP contribution in [-0.2, 0) is 16.0 Å². The highest BCUT2D eigenvalue weighted by Crippen LogP contribution is 2.22. The molecule has 0 saturated heterocycles. The number of carbonyl (C=O) groups is 2. The van der Waals surface area contributed by atoms with Gasteiger partial charge in [-0.25, -0.2) is 0 Å². The van der Waals surface area contributed by atoms with Crippen molar-refractivity contribution in [2.45, 2.75) is 26.7 Å². The molecule has 17 heavy (non-hydrogen) atoms. The zero-order valence-corrected chi connectivity index (χ0v) is 11.1. The van der Waals surface area contributed by atoms with Crippen LogP contribution in [0.4, 0.5) is 0 Å². The molecule has 1 heterocycles. The van der Waals surface area contributed by atoms with E-state index in [0.29, 0.717) is 11.4 Å². The van der Waals surface area contributed by atoms with Crippen molar-refractivity contribution in [1.82, 2.24) is 5.32 Å². The topological polar surface area (TPSA) is 55.4 Å². The van der Waals surface area contributed by atoms with Crippen LogP contribution in [0.15, 0.2) is 6.07 Å². The van der Waals surface area contributed by atoms with Gasteiger partial charge in [0.2, 0.25) is 0 Å². The number of nitrogens with one attached hydrogen (secondary N) is 1. The number of ether oxygens (including phenoxy) is 1. The molecule has 0 atom stereocenters. The van der Waals surface area contributed by atoms with E-state index in [4.69, 9.17) is 0 Å². The van der Waals surface area contributed by atoms with Gasteiger partial charge in [-0.2, -0.15) is 0 Å². The van der Waals surface area contributed by atoms with Crippen LogP contribution in [-0.4, -0.2) is 25.5 Å². The van der Waals surface area contributed by atoms with Gasteiger partial charge in [-0.3, -0.25) is 9.59 Å². The van der Waals surface area contributed by atoms with Gasteiger partial charge in [0.25, 0.3) is 5.91 Å². The molecular weight excluding hydrogens is 238 g/mol. The van der Waals surface area contributed by atoms with E-state index >= 15 is 0 Å². The smallest absolute Gasteiger partial charge is 0.307 e. The highest BCUT2D eigenvalue weighted by molar-refractivity contribution is 7.14. The first-order valence-electron chi connectivity index (χ1n) is 5.52. The molecular formula is C12H17NO3S. The molecule has 0 saturated carbocycles. The minimum Gasteiger partial charge on any atom is -0.469 e. The van der Waals surface area contributed by atoms with Crippen molar-refractivity contribution >= 4 is 23.2 Å². The average Bonchev–Trinajstić information content (AvgIpc) is 2.70. The van der Waals surface area contributed by atoms with Crippen LogP contribution in [0.2, 0.25) is 0 Å². The summed E-state index contributed by atoms with van der Waals surface area (Å²) in [6.07, 6.45) is 1.14. The number of rotatable bonds is 5. The molecule has 1 aromatic heterocycles. The van der Waals surface area contributed by atoms with Crippen molar-refractivity contribution in [3.05, 3.63) is 21.4 Å². The zero-order valence-electron chi connectivity index (χ0n) is 10.3. The molecule has 4 nitrogen and oxygen atoms in total. The Morgan fingerprint density at radius 1 is 1.47 bits per heavy atom. The lowest BCUT2D eigenvalue weighted by atomic mass is 10.2. The molecule has 0 radical (unpaired) electrons. The summed E-state index contributed by atoms with van der Waals surface area (Å²) in [6.45, 7) is 4.38. The van der Waals surface area contributed by atoms with E-state index < -0.39 is 0 Å². The quantitative estimate of drug-likeness (QED) is 0.818. The fourth-order valence-electron chi connectivity index (χ4n) is 1.45. The van der Waals surface area contributed by atoms with Gasteiger partial charge in [-0.05, 0) is 25.0 Å². The molecule has 0 spiro atoms. The van der Waals surface area contributed by atoms with Crippen LogP contribution in [0.5, 0.6) is 0 Å². The second-order valence-electron chi connectivity index (χ2n) is 3.65. The van der Waals surface area contributed by atoms with Crippen molar-refractivity contribution in [3.63, 3.8) is 0 Å². The van der Waals surface area contributed by atoms with Gasteiger partial charge >= 0.3 is 5.97 Å². The van der Waals surface area contributed by atoms with Crippen molar-refractivity contribution in [2.24, 2.45) is 0 Å². The van der Waals surface area contributed by atoms with E-state index in [0.717, 1.165) is 12.0 Å². The van der Waals surface area contributed by atoms with Gasteiger partial charge in [0.05, 0.1) is 18.4 Å². The molecule has 0 aliphatic rings. The third kappa shape index (κ3) is 3.85. The zero-order chi connectivity index (χ0) is 12.8. The second-order valence-corrected chi connectivity index (χ2v) is 4.79. The van der Waals surface area contributed by atoms with Crippen LogP contribution in [0.1, 0.15) is 33.5 Å². The van der Waals surface area contributed by atoms with Crippen LogP contribution in [0, 0.1) is 6.92 Å². The number of carbonyl (C=O) groups excluding carboxylic acids is 2. The van der Waals surface area contributed by atoms with Crippen LogP contribution < -0.4 is 5.32 Å². The molecule has 1 N–H and O–H groups in total. The normalized spacial score (nSPS) is 10.1. The molecule has 1 aromatic rings. The van der Waals surface area contributed by atoms with Gasteiger partial charge in [0.15, 0.2) is 0 Å². The maximum atomic E-state index is 11.7. The first-order chi connectivity index (χ1) is 8.08. The molecule has 0 unspecified atom stereocenters. The predicted octanol–water partition coefficient (Wildman–Crippen LogP) is 1.91. The number of thiophene rings is 1. The standard InChI is InChI=1S/C12H17NO3S/c1-4-9-8(2)7-10(17-9)12(15)13-6-5-11(14)16-3/h7H,4-6H2,1-3H3,(H,13,15). The largest absolute Gasteiger partial charge is 0.469 e. The summed E-state index contributed by atoms with van der Waals surface area (Å²) < 4.78 is 4.49. The van der Waals surface area contributed by atoms with Gasteiger partial charge in [-0.1, -0.05) is 6.92 Å². The highest BCUT2D eigenvalue weighted by atomic mass is 32.1. The number of esters is 1. The number of aryl methyl sites for hydroxylation is 2.